The molecule has 0 spiro atoms. The quantitative estimate of drug-likeness (QED) is 0.906. The van der Waals surface area contributed by atoms with Crippen LogP contribution in [0.15, 0.2) is 30.5 Å². The number of halogens is 3. The highest BCUT2D eigenvalue weighted by Gasteiger charge is 2.25. The van der Waals surface area contributed by atoms with Gasteiger partial charge in [-0.15, -0.1) is 24.8 Å². The Hall–Kier alpha value is -0.940. The van der Waals surface area contributed by atoms with Crippen LogP contribution in [-0.2, 0) is 6.54 Å². The van der Waals surface area contributed by atoms with Gasteiger partial charge in [-0.2, -0.15) is 0 Å². The first-order chi connectivity index (χ1) is 10.2. The number of aromatic nitrogens is 1. The molecule has 1 aliphatic heterocycles. The number of likely N-dealkylation sites (tertiary alicyclic amines) is 1. The van der Waals surface area contributed by atoms with Crippen LogP contribution in [0.1, 0.15) is 25.3 Å². The summed E-state index contributed by atoms with van der Waals surface area (Å²) in [6.45, 7) is 4.68. The average Bonchev–Trinajstić information content (AvgIpc) is 2.48. The number of nitrogens with two attached hydrogens (primary N) is 1. The van der Waals surface area contributed by atoms with Crippen LogP contribution < -0.4 is 5.73 Å². The summed E-state index contributed by atoms with van der Waals surface area (Å²) in [4.78, 5) is 6.81. The second-order valence-corrected chi connectivity index (χ2v) is 6.13. The molecule has 128 valence electrons. The summed E-state index contributed by atoms with van der Waals surface area (Å²) >= 11 is 0. The fourth-order valence-corrected chi connectivity index (χ4v) is 3.32. The van der Waals surface area contributed by atoms with Crippen molar-refractivity contribution in [2.24, 2.45) is 11.7 Å². The fraction of sp³-hybridized carbons (Fsp3) is 0.471. The minimum Gasteiger partial charge on any atom is -0.329 e. The molecule has 2 N–H and O–H groups in total. The minimum atomic E-state index is -0.194. The zero-order valence-electron chi connectivity index (χ0n) is 13.2. The molecule has 2 unspecified atom stereocenters. The van der Waals surface area contributed by atoms with E-state index in [1.54, 1.807) is 18.3 Å². The number of rotatable bonds is 3. The minimum absolute atomic E-state index is 0. The molecule has 0 radical (unpaired) electrons. The van der Waals surface area contributed by atoms with E-state index in [1.807, 2.05) is 12.1 Å². The van der Waals surface area contributed by atoms with Crippen molar-refractivity contribution in [2.45, 2.75) is 32.4 Å². The van der Waals surface area contributed by atoms with E-state index in [-0.39, 0.29) is 30.6 Å². The molecule has 2 heterocycles. The van der Waals surface area contributed by atoms with Gasteiger partial charge in [0.05, 0.1) is 5.52 Å². The largest absolute Gasteiger partial charge is 0.329 e. The molecule has 1 fully saturated rings. The standard InChI is InChI=1S/C17H22FN3.2ClH/c1-12-4-6-21(16(7-12)10-19)11-14-9-15(18)8-13-3-2-5-20-17(13)14;;/h2-3,5,8-9,12,16H,4,6-7,10-11,19H2,1H3;2*1H. The number of fused-ring (bicyclic) bond motifs is 1. The Morgan fingerprint density at radius 1 is 1.35 bits per heavy atom. The lowest BCUT2D eigenvalue weighted by atomic mass is 9.92. The summed E-state index contributed by atoms with van der Waals surface area (Å²) in [5.41, 5.74) is 7.77. The molecular formula is C17H24Cl2FN3. The molecule has 23 heavy (non-hydrogen) atoms. The van der Waals surface area contributed by atoms with Crippen molar-refractivity contribution in [2.75, 3.05) is 13.1 Å². The van der Waals surface area contributed by atoms with Crippen molar-refractivity contribution < 1.29 is 4.39 Å². The first-order valence-electron chi connectivity index (χ1n) is 7.64. The summed E-state index contributed by atoms with van der Waals surface area (Å²) in [5.74, 6) is 0.525. The second kappa shape index (κ2) is 8.78. The Morgan fingerprint density at radius 3 is 2.87 bits per heavy atom. The maximum atomic E-state index is 13.8. The van der Waals surface area contributed by atoms with Crippen LogP contribution in [0.3, 0.4) is 0 Å². The summed E-state index contributed by atoms with van der Waals surface area (Å²) in [7, 11) is 0. The van der Waals surface area contributed by atoms with Gasteiger partial charge in [-0.05, 0) is 49.1 Å². The van der Waals surface area contributed by atoms with Crippen LogP contribution in [0.5, 0.6) is 0 Å². The van der Waals surface area contributed by atoms with Gasteiger partial charge in [0.2, 0.25) is 0 Å². The van der Waals surface area contributed by atoms with E-state index in [0.717, 1.165) is 41.9 Å². The first kappa shape index (κ1) is 20.1. The third-order valence-electron chi connectivity index (χ3n) is 4.49. The molecule has 3 nitrogen and oxygen atoms in total. The fourth-order valence-electron chi connectivity index (χ4n) is 3.32. The SMILES string of the molecule is CC1CCN(Cc2cc(F)cc3cccnc23)C(CN)C1.Cl.Cl. The van der Waals surface area contributed by atoms with Crippen LogP contribution >= 0.6 is 24.8 Å². The second-order valence-electron chi connectivity index (χ2n) is 6.13. The molecule has 0 amide bonds. The maximum Gasteiger partial charge on any atom is 0.124 e. The monoisotopic (exact) mass is 359 g/mol. The highest BCUT2D eigenvalue weighted by molar-refractivity contribution is 5.85. The van der Waals surface area contributed by atoms with Gasteiger partial charge in [-0.1, -0.05) is 13.0 Å². The molecule has 1 aromatic heterocycles. The van der Waals surface area contributed by atoms with Crippen molar-refractivity contribution in [1.29, 1.82) is 0 Å². The van der Waals surface area contributed by atoms with Crippen LogP contribution in [0.4, 0.5) is 4.39 Å². The topological polar surface area (TPSA) is 42.2 Å². The Morgan fingerprint density at radius 2 is 2.13 bits per heavy atom. The van der Waals surface area contributed by atoms with Gasteiger partial charge in [0.25, 0.3) is 0 Å². The third-order valence-corrected chi connectivity index (χ3v) is 4.49. The number of hydrogen-bond acceptors (Lipinski definition) is 3. The van der Waals surface area contributed by atoms with Gasteiger partial charge in [-0.25, -0.2) is 4.39 Å². The molecule has 1 aliphatic rings. The van der Waals surface area contributed by atoms with Crippen LogP contribution in [0, 0.1) is 11.7 Å². The zero-order chi connectivity index (χ0) is 14.8. The zero-order valence-corrected chi connectivity index (χ0v) is 14.9. The van der Waals surface area contributed by atoms with E-state index in [0.29, 0.717) is 12.6 Å². The van der Waals surface area contributed by atoms with Crippen molar-refractivity contribution in [3.63, 3.8) is 0 Å². The van der Waals surface area contributed by atoms with Gasteiger partial charge >= 0.3 is 0 Å². The molecule has 1 saturated heterocycles. The first-order valence-corrected chi connectivity index (χ1v) is 7.64. The third kappa shape index (κ3) is 4.54. The number of benzene rings is 1. The van der Waals surface area contributed by atoms with Crippen molar-refractivity contribution in [3.8, 4) is 0 Å². The summed E-state index contributed by atoms with van der Waals surface area (Å²) in [6, 6.07) is 7.30. The molecule has 0 saturated carbocycles. The summed E-state index contributed by atoms with van der Waals surface area (Å²) in [5, 5.41) is 0.863. The lowest BCUT2D eigenvalue weighted by Crippen LogP contribution is -2.45. The van der Waals surface area contributed by atoms with E-state index < -0.39 is 0 Å². The Balaban J connectivity index is 0.00000132. The van der Waals surface area contributed by atoms with Gasteiger partial charge < -0.3 is 5.73 Å². The van der Waals surface area contributed by atoms with Crippen LogP contribution in [-0.4, -0.2) is 29.0 Å². The smallest absolute Gasteiger partial charge is 0.124 e. The number of piperidine rings is 1. The van der Waals surface area contributed by atoms with Gasteiger partial charge in [-0.3, -0.25) is 9.88 Å². The molecular weight excluding hydrogens is 336 g/mol. The normalized spacial score (nSPS) is 21.5. The average molecular weight is 360 g/mol. The molecule has 6 heteroatoms. The molecule has 0 aliphatic carbocycles. The number of pyridine rings is 1. The predicted molar refractivity (Wildman–Crippen MR) is 97.8 cm³/mol. The van der Waals surface area contributed by atoms with E-state index in [4.69, 9.17) is 5.73 Å². The van der Waals surface area contributed by atoms with Crippen molar-refractivity contribution in [3.05, 3.63) is 41.8 Å². The van der Waals surface area contributed by atoms with Crippen molar-refractivity contribution in [1.82, 2.24) is 9.88 Å². The van der Waals surface area contributed by atoms with Crippen molar-refractivity contribution >= 4 is 35.7 Å². The van der Waals surface area contributed by atoms with Crippen LogP contribution in [0.2, 0.25) is 0 Å². The van der Waals surface area contributed by atoms with Gasteiger partial charge in [0, 0.05) is 30.7 Å². The van der Waals surface area contributed by atoms with Gasteiger partial charge in [0.15, 0.2) is 0 Å². The van der Waals surface area contributed by atoms with Gasteiger partial charge in [0.1, 0.15) is 5.82 Å². The van der Waals surface area contributed by atoms with Crippen LogP contribution in [0.25, 0.3) is 10.9 Å². The van der Waals surface area contributed by atoms with E-state index >= 15 is 0 Å². The van der Waals surface area contributed by atoms with E-state index in [1.165, 1.54) is 6.42 Å². The summed E-state index contributed by atoms with van der Waals surface area (Å²) in [6.07, 6.45) is 4.07. The Kier molecular flexibility index (Phi) is 7.68. The molecule has 0 bridgehead atoms. The van der Waals surface area contributed by atoms with E-state index in [9.17, 15) is 4.39 Å². The Bertz CT molecular complexity index is 638. The number of nitrogens with zero attached hydrogens (tertiary/aromatic N) is 2. The summed E-state index contributed by atoms with van der Waals surface area (Å²) < 4.78 is 13.8. The Labute approximate surface area is 149 Å². The lowest BCUT2D eigenvalue weighted by molar-refractivity contribution is 0.115. The lowest BCUT2D eigenvalue weighted by Gasteiger charge is -2.38. The molecule has 3 rings (SSSR count). The molecule has 2 atom stereocenters. The molecule has 2 aromatic rings. The highest BCUT2D eigenvalue weighted by atomic mass is 35.5. The highest BCUT2D eigenvalue weighted by Crippen LogP contribution is 2.26. The molecule has 1 aromatic carbocycles. The maximum absolute atomic E-state index is 13.8. The van der Waals surface area contributed by atoms with E-state index in [2.05, 4.69) is 16.8 Å². The predicted octanol–water partition coefficient (Wildman–Crippen LogP) is 3.78. The number of hydrogen-bond donors (Lipinski definition) is 1.